The van der Waals surface area contributed by atoms with E-state index in [1.807, 2.05) is 86.0 Å². The van der Waals surface area contributed by atoms with Crippen molar-refractivity contribution >= 4 is 28.9 Å². The molecule has 8 nitrogen and oxygen atoms in total. The number of carbonyl (C=O) groups excluding carboxylic acids is 2. The van der Waals surface area contributed by atoms with Crippen LogP contribution in [0.3, 0.4) is 0 Å². The molecule has 0 spiro atoms. The van der Waals surface area contributed by atoms with Crippen LogP contribution in [0.1, 0.15) is 80.0 Å². The van der Waals surface area contributed by atoms with Crippen molar-refractivity contribution < 1.29 is 14.3 Å². The first-order chi connectivity index (χ1) is 23.1. The van der Waals surface area contributed by atoms with E-state index in [0.717, 1.165) is 82.9 Å². The number of urea groups is 1. The number of amides is 2. The number of ether oxygens (including phenoxy) is 1. The highest BCUT2D eigenvalue weighted by molar-refractivity contribution is 5.97. The number of imidazole rings is 1. The van der Waals surface area contributed by atoms with Gasteiger partial charge in [-0.25, -0.2) is 19.6 Å². The molecule has 2 aromatic heterocycles. The molecule has 0 saturated carbocycles. The fourth-order valence-corrected chi connectivity index (χ4v) is 6.31. The summed E-state index contributed by atoms with van der Waals surface area (Å²) in [5.74, 6) is 0.662. The van der Waals surface area contributed by atoms with Crippen LogP contribution in [0.5, 0.6) is 0 Å². The molecule has 2 amide bonds. The van der Waals surface area contributed by atoms with Crippen LogP contribution in [-0.4, -0.2) is 50.1 Å². The normalized spacial score (nSPS) is 13.7. The fourth-order valence-electron chi connectivity index (χ4n) is 6.31. The number of hydrogen-bond acceptors (Lipinski definition) is 5. The van der Waals surface area contributed by atoms with E-state index in [-0.39, 0.29) is 12.0 Å². The minimum Gasteiger partial charge on any atom is -0.456 e. The van der Waals surface area contributed by atoms with Crippen molar-refractivity contribution in [2.24, 2.45) is 0 Å². The highest BCUT2D eigenvalue weighted by Crippen LogP contribution is 2.30. The first kappa shape index (κ1) is 32.9. The molecule has 1 fully saturated rings. The molecule has 0 atom stereocenters. The van der Waals surface area contributed by atoms with Crippen LogP contribution in [0.2, 0.25) is 0 Å². The summed E-state index contributed by atoms with van der Waals surface area (Å²) in [6, 6.07) is 28.1. The van der Waals surface area contributed by atoms with Crippen LogP contribution in [-0.2, 0) is 24.2 Å². The summed E-state index contributed by atoms with van der Waals surface area (Å²) in [6.07, 6.45) is 3.82. The fraction of sp³-hybridized carbons (Fsp3) is 0.350. The summed E-state index contributed by atoms with van der Waals surface area (Å²) < 4.78 is 7.89. The highest BCUT2D eigenvalue weighted by Gasteiger charge is 2.29. The van der Waals surface area contributed by atoms with Crippen LogP contribution < -0.4 is 4.90 Å². The standard InChI is InChI=1S/C40H45N5O3/c1-6-7-18-36-42-34-25-35(44-24-13-23-43(39(44)47)26-29-14-9-8-10-15-29)28(2)41-37(34)45(36)27-30-19-21-31(22-20-30)32-16-11-12-17-33(32)38(46)48-40(3,4)5/h8-12,14-17,19-22,25H,6-7,13,18,23-24,26-27H2,1-5H3. The summed E-state index contributed by atoms with van der Waals surface area (Å²) in [4.78, 5) is 40.6. The third-order valence-electron chi connectivity index (χ3n) is 8.69. The van der Waals surface area contributed by atoms with Crippen molar-refractivity contribution in [2.75, 3.05) is 18.0 Å². The Morgan fingerprint density at radius 2 is 1.58 bits per heavy atom. The van der Waals surface area contributed by atoms with E-state index < -0.39 is 5.60 Å². The molecule has 3 heterocycles. The quantitative estimate of drug-likeness (QED) is 0.142. The summed E-state index contributed by atoms with van der Waals surface area (Å²) in [6.45, 7) is 12.4. The minimum absolute atomic E-state index is 0.00771. The molecule has 6 rings (SSSR count). The van der Waals surface area contributed by atoms with E-state index in [4.69, 9.17) is 14.7 Å². The first-order valence-electron chi connectivity index (χ1n) is 17.0. The van der Waals surface area contributed by atoms with E-state index >= 15 is 0 Å². The van der Waals surface area contributed by atoms with Gasteiger partial charge in [-0.3, -0.25) is 4.90 Å². The van der Waals surface area contributed by atoms with Crippen LogP contribution in [0.15, 0.2) is 84.9 Å². The Balaban J connectivity index is 1.28. The second-order valence-corrected chi connectivity index (χ2v) is 13.6. The van der Waals surface area contributed by atoms with Gasteiger partial charge in [-0.05, 0) is 74.9 Å². The molecule has 0 aliphatic carbocycles. The zero-order valence-electron chi connectivity index (χ0n) is 28.7. The molecule has 1 aliphatic heterocycles. The van der Waals surface area contributed by atoms with Gasteiger partial charge in [0.15, 0.2) is 5.65 Å². The lowest BCUT2D eigenvalue weighted by Crippen LogP contribution is -2.49. The number of rotatable bonds is 10. The Kier molecular flexibility index (Phi) is 9.62. The number of anilines is 1. The molecule has 1 aliphatic rings. The number of benzene rings is 3. The SMILES string of the molecule is CCCCc1nc2cc(N3CCCN(Cc4ccccc4)C3=O)c(C)nc2n1Cc1ccc(-c2ccccc2C(=O)OC(C)(C)C)cc1. The number of carbonyl (C=O) groups is 2. The zero-order valence-corrected chi connectivity index (χ0v) is 28.7. The number of nitrogens with zero attached hydrogens (tertiary/aromatic N) is 5. The number of esters is 1. The number of aryl methyl sites for hydroxylation is 2. The topological polar surface area (TPSA) is 80.6 Å². The van der Waals surface area contributed by atoms with E-state index in [2.05, 4.69) is 47.9 Å². The van der Waals surface area contributed by atoms with Crippen molar-refractivity contribution in [1.29, 1.82) is 0 Å². The Morgan fingerprint density at radius 3 is 2.31 bits per heavy atom. The maximum atomic E-state index is 13.7. The molecular formula is C40H45N5O3. The molecule has 3 aromatic carbocycles. The number of aromatic nitrogens is 3. The average molecular weight is 644 g/mol. The molecule has 5 aromatic rings. The molecule has 0 radical (unpaired) electrons. The number of unbranched alkanes of at least 4 members (excludes halogenated alkanes) is 1. The van der Waals surface area contributed by atoms with Gasteiger partial charge in [-0.1, -0.05) is 86.1 Å². The largest absolute Gasteiger partial charge is 0.456 e. The Morgan fingerprint density at radius 1 is 0.875 bits per heavy atom. The number of hydrogen-bond donors (Lipinski definition) is 0. The van der Waals surface area contributed by atoms with Crippen LogP contribution in [0.25, 0.3) is 22.3 Å². The molecule has 1 saturated heterocycles. The third kappa shape index (κ3) is 7.28. The highest BCUT2D eigenvalue weighted by atomic mass is 16.6. The van der Waals surface area contributed by atoms with Crippen molar-refractivity contribution in [3.63, 3.8) is 0 Å². The van der Waals surface area contributed by atoms with Gasteiger partial charge in [-0.15, -0.1) is 0 Å². The molecular weight excluding hydrogens is 598 g/mol. The summed E-state index contributed by atoms with van der Waals surface area (Å²) in [7, 11) is 0. The lowest BCUT2D eigenvalue weighted by Gasteiger charge is -2.36. The summed E-state index contributed by atoms with van der Waals surface area (Å²) >= 11 is 0. The smallest absolute Gasteiger partial charge is 0.339 e. The van der Waals surface area contributed by atoms with Gasteiger partial charge in [0.05, 0.1) is 23.5 Å². The first-order valence-corrected chi connectivity index (χ1v) is 17.0. The second kappa shape index (κ2) is 14.0. The lowest BCUT2D eigenvalue weighted by molar-refractivity contribution is 0.00704. The second-order valence-electron chi connectivity index (χ2n) is 13.6. The minimum atomic E-state index is -0.573. The monoisotopic (exact) mass is 643 g/mol. The summed E-state index contributed by atoms with van der Waals surface area (Å²) in [5.41, 5.74) is 7.27. The van der Waals surface area contributed by atoms with Gasteiger partial charge in [-0.2, -0.15) is 0 Å². The van der Waals surface area contributed by atoms with Gasteiger partial charge in [0.2, 0.25) is 0 Å². The van der Waals surface area contributed by atoms with Crippen molar-refractivity contribution in [3.8, 4) is 11.1 Å². The molecule has 248 valence electrons. The van der Waals surface area contributed by atoms with Gasteiger partial charge in [0, 0.05) is 26.1 Å². The Labute approximate surface area is 283 Å². The van der Waals surface area contributed by atoms with Crippen LogP contribution in [0.4, 0.5) is 10.5 Å². The van der Waals surface area contributed by atoms with Crippen LogP contribution in [0, 0.1) is 6.92 Å². The zero-order chi connectivity index (χ0) is 33.8. The number of pyridine rings is 1. The maximum absolute atomic E-state index is 13.7. The molecule has 0 bridgehead atoms. The average Bonchev–Trinajstić information content (AvgIpc) is 3.40. The molecule has 8 heteroatoms. The predicted molar refractivity (Wildman–Crippen MR) is 191 cm³/mol. The Hall–Kier alpha value is -4.98. The van der Waals surface area contributed by atoms with Gasteiger partial charge in [0.25, 0.3) is 0 Å². The van der Waals surface area contributed by atoms with Gasteiger partial charge < -0.3 is 14.2 Å². The van der Waals surface area contributed by atoms with Crippen molar-refractivity contribution in [1.82, 2.24) is 19.4 Å². The van der Waals surface area contributed by atoms with E-state index in [0.29, 0.717) is 25.2 Å². The van der Waals surface area contributed by atoms with Gasteiger partial charge >= 0.3 is 12.0 Å². The van der Waals surface area contributed by atoms with E-state index in [1.165, 1.54) is 0 Å². The van der Waals surface area contributed by atoms with E-state index in [9.17, 15) is 9.59 Å². The maximum Gasteiger partial charge on any atom is 0.339 e. The summed E-state index contributed by atoms with van der Waals surface area (Å²) in [5, 5.41) is 0. The van der Waals surface area contributed by atoms with Crippen LogP contribution >= 0.6 is 0 Å². The Bertz CT molecular complexity index is 1910. The third-order valence-corrected chi connectivity index (χ3v) is 8.69. The number of fused-ring (bicyclic) bond motifs is 1. The molecule has 0 N–H and O–H groups in total. The lowest BCUT2D eigenvalue weighted by atomic mass is 9.98. The van der Waals surface area contributed by atoms with Crippen molar-refractivity contribution in [2.45, 2.75) is 79.0 Å². The molecule has 0 unspecified atom stereocenters. The molecule has 48 heavy (non-hydrogen) atoms. The van der Waals surface area contributed by atoms with Crippen molar-refractivity contribution in [3.05, 3.63) is 113 Å². The van der Waals surface area contributed by atoms with E-state index in [1.54, 1.807) is 0 Å². The predicted octanol–water partition coefficient (Wildman–Crippen LogP) is 8.59. The van der Waals surface area contributed by atoms with Gasteiger partial charge in [0.1, 0.15) is 16.9 Å².